The van der Waals surface area contributed by atoms with Gasteiger partial charge in [-0.1, -0.05) is 46.6 Å². The Hall–Kier alpha value is -3.07. The average molecular weight is 871 g/mol. The maximum Gasteiger partial charge on any atom is 0.303 e. The molecule has 0 aliphatic carbocycles. The van der Waals surface area contributed by atoms with Crippen LogP contribution in [0.15, 0.2) is 46.6 Å². The van der Waals surface area contributed by atoms with Crippen molar-refractivity contribution in [3.8, 4) is 0 Å². The van der Waals surface area contributed by atoms with Crippen LogP contribution in [0.4, 0.5) is 0 Å². The predicted molar refractivity (Wildman–Crippen MR) is 219 cm³/mol. The highest BCUT2D eigenvalue weighted by Gasteiger charge is 2.55. The largest absolute Gasteiger partial charge is 0.456 e. The summed E-state index contributed by atoms with van der Waals surface area (Å²) < 4.78 is 52.0. The van der Waals surface area contributed by atoms with Gasteiger partial charge in [0.2, 0.25) is 0 Å². The quantitative estimate of drug-likeness (QED) is 0.0670. The number of hydrogen-bond donors (Lipinski definition) is 5. The van der Waals surface area contributed by atoms with Crippen LogP contribution in [0, 0.1) is 0 Å². The zero-order chi connectivity index (χ0) is 45.6. The van der Waals surface area contributed by atoms with Crippen molar-refractivity contribution in [1.29, 1.82) is 0 Å². The van der Waals surface area contributed by atoms with Gasteiger partial charge in [0.1, 0.15) is 42.7 Å². The van der Waals surface area contributed by atoms with E-state index in [-0.39, 0.29) is 6.61 Å². The molecule has 61 heavy (non-hydrogen) atoms. The van der Waals surface area contributed by atoms with E-state index in [0.29, 0.717) is 0 Å². The second kappa shape index (κ2) is 25.3. The van der Waals surface area contributed by atoms with Gasteiger partial charge >= 0.3 is 17.9 Å². The van der Waals surface area contributed by atoms with Crippen LogP contribution >= 0.6 is 0 Å². The van der Waals surface area contributed by atoms with Gasteiger partial charge in [-0.05, 0) is 87.0 Å². The van der Waals surface area contributed by atoms with Crippen molar-refractivity contribution in [1.82, 2.24) is 0 Å². The van der Waals surface area contributed by atoms with E-state index in [9.17, 15) is 39.9 Å². The normalized spacial score (nSPS) is 35.0. The molecule has 0 aromatic carbocycles. The molecule has 17 nitrogen and oxygen atoms in total. The van der Waals surface area contributed by atoms with E-state index >= 15 is 0 Å². The summed E-state index contributed by atoms with van der Waals surface area (Å²) in [6.45, 7) is 16.3. The zero-order valence-corrected chi connectivity index (χ0v) is 37.3. The first-order chi connectivity index (χ1) is 28.7. The van der Waals surface area contributed by atoms with E-state index in [0.717, 1.165) is 64.9 Å². The first-order valence-electron chi connectivity index (χ1n) is 21.1. The van der Waals surface area contributed by atoms with Gasteiger partial charge in [-0.25, -0.2) is 0 Å². The molecule has 0 unspecified atom stereocenters. The fourth-order valence-corrected chi connectivity index (χ4v) is 7.17. The lowest BCUT2D eigenvalue weighted by molar-refractivity contribution is -0.369. The van der Waals surface area contributed by atoms with Gasteiger partial charge in [-0.2, -0.15) is 0 Å². The number of carbonyl (C=O) groups excluding carboxylic acids is 3. The third-order valence-corrected chi connectivity index (χ3v) is 10.6. The monoisotopic (exact) mass is 870 g/mol. The summed E-state index contributed by atoms with van der Waals surface area (Å²) in [5, 5.41) is 53.7. The molecular weight excluding hydrogens is 800 g/mol. The van der Waals surface area contributed by atoms with Crippen molar-refractivity contribution >= 4 is 17.9 Å². The molecule has 0 spiro atoms. The van der Waals surface area contributed by atoms with E-state index in [1.54, 1.807) is 0 Å². The van der Waals surface area contributed by atoms with Crippen LogP contribution in [-0.4, -0.2) is 149 Å². The van der Waals surface area contributed by atoms with Crippen LogP contribution in [0.3, 0.4) is 0 Å². The molecule has 3 aliphatic rings. The van der Waals surface area contributed by atoms with Gasteiger partial charge in [-0.3, -0.25) is 14.4 Å². The van der Waals surface area contributed by atoms with Gasteiger partial charge in [-0.15, -0.1) is 0 Å². The molecule has 0 bridgehead atoms. The van der Waals surface area contributed by atoms with Crippen molar-refractivity contribution in [2.45, 2.75) is 200 Å². The molecule has 5 N–H and O–H groups in total. The third-order valence-electron chi connectivity index (χ3n) is 10.6. The van der Waals surface area contributed by atoms with Crippen LogP contribution in [0.5, 0.6) is 0 Å². The van der Waals surface area contributed by atoms with Gasteiger partial charge in [0.05, 0.1) is 25.4 Å². The molecule has 3 aliphatic heterocycles. The standard InChI is InChI=1S/C44H70O17/c1-23(2)14-11-15-24(3)16-12-17-25(4)18-13-19-26(5)20-21-53-43-39(36(51)34(49)32(60-43)22-54-42-37(52)35(50)33(48)27(6)55-42)61-44-41(59-31(10)47)40(58-30(9)46)38(28(7)56-44)57-29(8)45/h14,16,18,20,27-28,32-44,48-52H,11-13,15,17,19,21-22H2,1-10H3/b24-16+,25-18+,26-20+/t27-,28-,32+,33-,34+,35+,36-,37+,38-,39+,40+,41+,42+,43+,44-/m0/s1. The Morgan fingerprint density at radius 3 is 1.56 bits per heavy atom. The van der Waals surface area contributed by atoms with Crippen LogP contribution < -0.4 is 0 Å². The van der Waals surface area contributed by atoms with Crippen molar-refractivity contribution in [2.75, 3.05) is 13.2 Å². The molecule has 3 saturated heterocycles. The van der Waals surface area contributed by atoms with Gasteiger partial charge < -0.3 is 68.2 Å². The fraction of sp³-hybridized carbons (Fsp3) is 0.750. The van der Waals surface area contributed by atoms with Crippen LogP contribution in [0.25, 0.3) is 0 Å². The van der Waals surface area contributed by atoms with Crippen LogP contribution in [0.1, 0.15) is 108 Å². The van der Waals surface area contributed by atoms with E-state index in [2.05, 4.69) is 45.9 Å². The minimum absolute atomic E-state index is 0.0296. The van der Waals surface area contributed by atoms with Gasteiger partial charge in [0, 0.05) is 20.8 Å². The summed E-state index contributed by atoms with van der Waals surface area (Å²) in [6.07, 6.45) is -7.13. The topological polar surface area (TPSA) is 235 Å². The molecule has 0 amide bonds. The molecule has 0 saturated carbocycles. The second-order valence-corrected chi connectivity index (χ2v) is 16.5. The van der Waals surface area contributed by atoms with Crippen molar-refractivity contribution in [3.05, 3.63) is 46.6 Å². The molecule has 0 aromatic heterocycles. The Bertz CT molecular complexity index is 1540. The summed E-state index contributed by atoms with van der Waals surface area (Å²) in [6, 6.07) is 0. The fourth-order valence-electron chi connectivity index (χ4n) is 7.17. The third kappa shape index (κ3) is 16.5. The number of allylic oxidation sites excluding steroid dienone is 7. The van der Waals surface area contributed by atoms with Crippen molar-refractivity contribution < 1.29 is 82.5 Å². The molecular formula is C44H70O17. The highest BCUT2D eigenvalue weighted by atomic mass is 16.8. The SMILES string of the molecule is CC(=O)O[C@@H]1[C@@H](OC(C)=O)[C@H](C)O[C@@H](O[C@H]2[C@H](OC/C=C(\C)CC/C=C(\C)CC/C=C(\C)CCC=C(C)C)O[C@H](CO[C@@H]3O[C@@H](C)[C@H](O)[C@@H](O)[C@H]3O)[C@@H](O)[C@@H]2O)[C@@H]1OC(C)=O. The Kier molecular flexibility index (Phi) is 21.7. The van der Waals surface area contributed by atoms with Crippen molar-refractivity contribution in [2.24, 2.45) is 0 Å². The van der Waals surface area contributed by atoms with E-state index in [4.69, 9.17) is 42.6 Å². The molecule has 3 rings (SSSR count). The van der Waals surface area contributed by atoms with Crippen LogP contribution in [0.2, 0.25) is 0 Å². The van der Waals surface area contributed by atoms with E-state index in [1.807, 2.05) is 13.0 Å². The Morgan fingerprint density at radius 2 is 1.00 bits per heavy atom. The zero-order valence-electron chi connectivity index (χ0n) is 37.3. The predicted octanol–water partition coefficient (Wildman–Crippen LogP) is 3.36. The maximum atomic E-state index is 12.3. The number of aliphatic hydroxyl groups excluding tert-OH is 5. The smallest absolute Gasteiger partial charge is 0.303 e. The lowest BCUT2D eigenvalue weighted by atomic mass is 9.97. The molecule has 0 radical (unpaired) electrons. The number of rotatable bonds is 20. The minimum atomic E-state index is -1.76. The summed E-state index contributed by atoms with van der Waals surface area (Å²) in [5.74, 6) is -2.31. The number of esters is 3. The molecule has 15 atom stereocenters. The van der Waals surface area contributed by atoms with E-state index < -0.39 is 117 Å². The lowest BCUT2D eigenvalue weighted by Crippen LogP contribution is -2.65. The Balaban J connectivity index is 1.78. The van der Waals surface area contributed by atoms with Gasteiger partial charge in [0.25, 0.3) is 0 Å². The second-order valence-electron chi connectivity index (χ2n) is 16.5. The molecule has 0 aromatic rings. The molecule has 348 valence electrons. The van der Waals surface area contributed by atoms with E-state index in [1.165, 1.54) is 30.6 Å². The van der Waals surface area contributed by atoms with Gasteiger partial charge in [0.15, 0.2) is 37.2 Å². The minimum Gasteiger partial charge on any atom is -0.456 e. The highest BCUT2D eigenvalue weighted by molar-refractivity contribution is 5.68. The maximum absolute atomic E-state index is 12.3. The van der Waals surface area contributed by atoms with Crippen molar-refractivity contribution in [3.63, 3.8) is 0 Å². The lowest BCUT2D eigenvalue weighted by Gasteiger charge is -2.47. The average Bonchev–Trinajstić information content (AvgIpc) is 3.17. The number of aliphatic hydroxyl groups is 5. The number of ether oxygens (including phenoxy) is 9. The summed E-state index contributed by atoms with van der Waals surface area (Å²) >= 11 is 0. The molecule has 3 fully saturated rings. The first kappa shape index (κ1) is 52.3. The Labute approximate surface area is 359 Å². The summed E-state index contributed by atoms with van der Waals surface area (Å²) in [4.78, 5) is 36.6. The molecule has 3 heterocycles. The molecule has 17 heteroatoms. The van der Waals surface area contributed by atoms with Crippen LogP contribution in [-0.2, 0) is 57.0 Å². The Morgan fingerprint density at radius 1 is 0.492 bits per heavy atom. The first-order valence-corrected chi connectivity index (χ1v) is 21.1. The summed E-state index contributed by atoms with van der Waals surface area (Å²) in [5.41, 5.74) is 5.01. The highest BCUT2D eigenvalue weighted by Crippen LogP contribution is 2.34. The summed E-state index contributed by atoms with van der Waals surface area (Å²) in [7, 11) is 0. The number of hydrogen-bond acceptors (Lipinski definition) is 17. The number of carbonyl (C=O) groups is 3.